The van der Waals surface area contributed by atoms with Gasteiger partial charge in [-0.05, 0) is 51.0 Å². The summed E-state index contributed by atoms with van der Waals surface area (Å²) in [5, 5.41) is 0. The molecule has 0 aliphatic rings. The molecule has 0 heterocycles. The fraction of sp³-hybridized carbons (Fsp3) is 0.538. The smallest absolute Gasteiger partial charge is 0.490 e. The predicted molar refractivity (Wildman–Crippen MR) is 142 cm³/mol. The van der Waals surface area contributed by atoms with Gasteiger partial charge in [0.15, 0.2) is 35.3 Å². The molecule has 0 atom stereocenters. The molecular formula is C26H36F6O4P2+2. The molecule has 0 aliphatic heterocycles. The average Bonchev–Trinajstić information content (AvgIpc) is 2.81. The van der Waals surface area contributed by atoms with Crippen molar-refractivity contribution in [2.45, 2.75) is 64.7 Å². The molecule has 0 unspecified atom stereocenters. The molecular weight excluding hydrogens is 552 g/mol. The topological polar surface area (TPSA) is 36.9 Å². The van der Waals surface area contributed by atoms with Crippen molar-refractivity contribution in [1.82, 2.24) is 0 Å². The van der Waals surface area contributed by atoms with Crippen molar-refractivity contribution < 1.29 is 44.1 Å². The van der Waals surface area contributed by atoms with Crippen LogP contribution in [0.5, 0.6) is 23.0 Å². The van der Waals surface area contributed by atoms with E-state index >= 15 is 0 Å². The lowest BCUT2D eigenvalue weighted by atomic mass is 10.1. The zero-order chi connectivity index (χ0) is 28.0. The Morgan fingerprint density at radius 3 is 1.21 bits per heavy atom. The molecule has 2 rings (SSSR count). The lowest BCUT2D eigenvalue weighted by Gasteiger charge is -2.13. The van der Waals surface area contributed by atoms with E-state index in [1.807, 2.05) is 0 Å². The third kappa shape index (κ3) is 13.2. The first-order valence-corrected chi connectivity index (χ1v) is 16.0. The van der Waals surface area contributed by atoms with Crippen LogP contribution in [0.1, 0.15) is 63.5 Å². The Balaban J connectivity index is 1.64. The van der Waals surface area contributed by atoms with Gasteiger partial charge >= 0.3 is 16.4 Å². The summed E-state index contributed by atoms with van der Waals surface area (Å²) in [6, 6.07) is 8.76. The Bertz CT molecular complexity index is 892. The number of hydrogen-bond donors (Lipinski definition) is 0. The first-order valence-electron chi connectivity index (χ1n) is 12.7. The third-order valence-corrected chi connectivity index (χ3v) is 6.84. The van der Waals surface area contributed by atoms with Crippen molar-refractivity contribution in [1.29, 1.82) is 0 Å². The summed E-state index contributed by atoms with van der Waals surface area (Å²) in [6.45, 7) is 5.10. The van der Waals surface area contributed by atoms with E-state index in [0.29, 0.717) is 49.4 Å². The quantitative estimate of drug-likeness (QED) is 0.0930. The van der Waals surface area contributed by atoms with Gasteiger partial charge in [-0.1, -0.05) is 37.8 Å². The van der Waals surface area contributed by atoms with Crippen molar-refractivity contribution in [2.24, 2.45) is 0 Å². The minimum Gasteiger partial charge on any atom is -0.490 e. The number of rotatable bonds is 19. The SMILES string of the molecule is CCOc1cc(C[P+](F)(F)F)ccc1OCCCCCCCCOc1ccc(C[P+](F)(F)F)cc1OCC. The summed E-state index contributed by atoms with van der Waals surface area (Å²) in [7, 11) is -10.8. The van der Waals surface area contributed by atoms with Crippen molar-refractivity contribution in [3.63, 3.8) is 0 Å². The Hall–Kier alpha value is -1.92. The summed E-state index contributed by atoms with van der Waals surface area (Å²) in [5.41, 5.74) is 0.360. The zero-order valence-corrected chi connectivity index (χ0v) is 23.5. The van der Waals surface area contributed by atoms with E-state index in [9.17, 15) is 25.2 Å². The number of benzene rings is 2. The molecule has 38 heavy (non-hydrogen) atoms. The molecule has 2 aromatic carbocycles. The molecule has 0 aromatic heterocycles. The van der Waals surface area contributed by atoms with Gasteiger partial charge < -0.3 is 18.9 Å². The van der Waals surface area contributed by atoms with Gasteiger partial charge in [-0.3, -0.25) is 0 Å². The molecule has 0 saturated heterocycles. The van der Waals surface area contributed by atoms with Gasteiger partial charge in [-0.15, -0.1) is 0 Å². The lowest BCUT2D eigenvalue weighted by Crippen LogP contribution is -2.02. The number of ether oxygens (including phenoxy) is 4. The Morgan fingerprint density at radius 2 is 0.868 bits per heavy atom. The predicted octanol–water partition coefficient (Wildman–Crippen LogP) is 10.6. The van der Waals surface area contributed by atoms with E-state index in [-0.39, 0.29) is 11.1 Å². The summed E-state index contributed by atoms with van der Waals surface area (Å²) < 4.78 is 98.9. The maximum Gasteiger partial charge on any atom is 0.573 e. The van der Waals surface area contributed by atoms with Gasteiger partial charge in [0, 0.05) is 36.3 Å². The van der Waals surface area contributed by atoms with Crippen LogP contribution in [-0.2, 0) is 12.3 Å². The molecule has 12 heteroatoms. The van der Waals surface area contributed by atoms with Gasteiger partial charge in [0.1, 0.15) is 0 Å². The molecule has 4 nitrogen and oxygen atoms in total. The minimum atomic E-state index is -5.41. The van der Waals surface area contributed by atoms with Crippen LogP contribution in [0.4, 0.5) is 25.2 Å². The molecule has 0 fully saturated rings. The first-order chi connectivity index (χ1) is 18.0. The molecule has 0 bridgehead atoms. The van der Waals surface area contributed by atoms with E-state index in [1.54, 1.807) is 13.8 Å². The van der Waals surface area contributed by atoms with Crippen LogP contribution in [-0.4, -0.2) is 26.4 Å². The minimum absolute atomic E-state index is 0.180. The summed E-state index contributed by atoms with van der Waals surface area (Å²) in [4.78, 5) is 0. The van der Waals surface area contributed by atoms with Gasteiger partial charge in [0.25, 0.3) is 0 Å². The Labute approximate surface area is 222 Å². The van der Waals surface area contributed by atoms with Gasteiger partial charge in [0.2, 0.25) is 0 Å². The van der Waals surface area contributed by atoms with Crippen LogP contribution in [0.2, 0.25) is 0 Å². The summed E-state index contributed by atoms with van der Waals surface area (Å²) in [6.07, 6.45) is 3.69. The average molecular weight is 589 g/mol. The van der Waals surface area contributed by atoms with E-state index in [0.717, 1.165) is 38.5 Å². The molecule has 0 saturated carbocycles. The van der Waals surface area contributed by atoms with E-state index < -0.39 is 28.7 Å². The molecule has 0 amide bonds. The lowest BCUT2D eigenvalue weighted by molar-refractivity contribution is 0.266. The first kappa shape index (κ1) is 32.3. The van der Waals surface area contributed by atoms with Gasteiger partial charge in [-0.2, -0.15) is 0 Å². The van der Waals surface area contributed by atoms with Crippen LogP contribution >= 0.6 is 16.4 Å². The molecule has 0 spiro atoms. The highest BCUT2D eigenvalue weighted by Gasteiger charge is 2.43. The fourth-order valence-electron chi connectivity index (χ4n) is 3.77. The Morgan fingerprint density at radius 1 is 0.500 bits per heavy atom. The van der Waals surface area contributed by atoms with Crippen LogP contribution in [0.15, 0.2) is 36.4 Å². The van der Waals surface area contributed by atoms with E-state index in [4.69, 9.17) is 18.9 Å². The monoisotopic (exact) mass is 588 g/mol. The maximum atomic E-state index is 12.8. The van der Waals surface area contributed by atoms with E-state index in [1.165, 1.54) is 36.4 Å². The largest absolute Gasteiger partial charge is 0.573 e. The highest BCUT2D eigenvalue weighted by atomic mass is 31.3. The van der Waals surface area contributed by atoms with Crippen molar-refractivity contribution in [3.8, 4) is 23.0 Å². The number of unbranched alkanes of at least 4 members (excludes halogenated alkanes) is 5. The normalized spacial score (nSPS) is 11.9. The third-order valence-electron chi connectivity index (χ3n) is 5.39. The van der Waals surface area contributed by atoms with Crippen LogP contribution < -0.4 is 18.9 Å². The van der Waals surface area contributed by atoms with E-state index in [2.05, 4.69) is 0 Å². The molecule has 0 radical (unpaired) electrons. The number of hydrogen-bond acceptors (Lipinski definition) is 4. The van der Waals surface area contributed by atoms with Crippen LogP contribution in [0.3, 0.4) is 0 Å². The molecule has 2 aromatic rings. The molecule has 0 aliphatic carbocycles. The van der Waals surface area contributed by atoms with Crippen molar-refractivity contribution >= 4 is 16.4 Å². The molecule has 214 valence electrons. The number of halogens is 6. The second kappa shape index (κ2) is 16.2. The fourth-order valence-corrected chi connectivity index (χ4v) is 4.99. The molecule has 0 N–H and O–H groups in total. The standard InChI is InChI=1S/C26H36F6O4P2/c1-3-33-25-17-21(19-37(27,28)29)11-13-23(25)35-15-9-7-5-6-8-10-16-36-24-14-12-22(20-38(30,31)32)18-26(24)34-4-2/h11-14,17-18H,3-10,15-16,19-20H2,1-2H3/q+2. The Kier molecular flexibility index (Phi) is 13.8. The zero-order valence-electron chi connectivity index (χ0n) is 21.7. The van der Waals surface area contributed by atoms with Gasteiger partial charge in [0.05, 0.1) is 26.4 Å². The highest BCUT2D eigenvalue weighted by Crippen LogP contribution is 2.67. The van der Waals surface area contributed by atoms with Crippen molar-refractivity contribution in [2.75, 3.05) is 26.4 Å². The summed E-state index contributed by atoms with van der Waals surface area (Å²) >= 11 is 0. The second-order valence-electron chi connectivity index (χ2n) is 8.66. The maximum absolute atomic E-state index is 12.8. The summed E-state index contributed by atoms with van der Waals surface area (Å²) in [5.74, 6) is 1.57. The van der Waals surface area contributed by atoms with Gasteiger partial charge in [-0.25, -0.2) is 0 Å². The second-order valence-corrected chi connectivity index (χ2v) is 11.5. The van der Waals surface area contributed by atoms with Crippen LogP contribution in [0, 0.1) is 0 Å². The highest BCUT2D eigenvalue weighted by molar-refractivity contribution is 7.59. The van der Waals surface area contributed by atoms with Crippen molar-refractivity contribution in [3.05, 3.63) is 47.5 Å². The van der Waals surface area contributed by atoms with Crippen LogP contribution in [0.25, 0.3) is 0 Å².